The number of ether oxygens (including phenoxy) is 3. The molecule has 1 spiro atoms. The summed E-state index contributed by atoms with van der Waals surface area (Å²) in [4.78, 5) is 0. The fraction of sp³-hybridized carbons (Fsp3) is 1.00. The summed E-state index contributed by atoms with van der Waals surface area (Å²) in [6.07, 6.45) is 10.5. The topological polar surface area (TPSA) is 53.7 Å². The first-order valence-corrected chi connectivity index (χ1v) is 8.36. The fourth-order valence-corrected chi connectivity index (χ4v) is 4.10. The molecule has 1 saturated carbocycles. The maximum atomic E-state index is 6.55. The molecule has 20 heavy (non-hydrogen) atoms. The quantitative estimate of drug-likeness (QED) is 0.864. The maximum absolute atomic E-state index is 6.55. The lowest BCUT2D eigenvalue weighted by molar-refractivity contribution is -0.199. The molecule has 2 saturated heterocycles. The molecule has 4 heteroatoms. The van der Waals surface area contributed by atoms with Crippen LogP contribution in [0, 0.1) is 0 Å². The highest BCUT2D eigenvalue weighted by Crippen LogP contribution is 2.39. The summed E-state index contributed by atoms with van der Waals surface area (Å²) in [5, 5.41) is 0. The molecular weight excluding hydrogens is 254 g/mol. The average Bonchev–Trinajstić information content (AvgIpc) is 2.49. The second-order valence-electron chi connectivity index (χ2n) is 6.82. The van der Waals surface area contributed by atoms with E-state index in [1.807, 2.05) is 0 Å². The van der Waals surface area contributed by atoms with Crippen LogP contribution in [0.2, 0.25) is 0 Å². The Balaban J connectivity index is 1.61. The van der Waals surface area contributed by atoms with Gasteiger partial charge in [-0.2, -0.15) is 0 Å². The smallest absolute Gasteiger partial charge is 0.0807 e. The summed E-state index contributed by atoms with van der Waals surface area (Å²) in [7, 11) is 0. The van der Waals surface area contributed by atoms with Crippen molar-refractivity contribution in [3.8, 4) is 0 Å². The number of hydrogen-bond acceptors (Lipinski definition) is 4. The van der Waals surface area contributed by atoms with E-state index in [0.717, 1.165) is 58.3 Å². The Labute approximate surface area is 122 Å². The van der Waals surface area contributed by atoms with Crippen LogP contribution in [0.3, 0.4) is 0 Å². The molecule has 0 radical (unpaired) electrons. The van der Waals surface area contributed by atoms with Gasteiger partial charge in [-0.05, 0) is 32.1 Å². The molecule has 1 aliphatic carbocycles. The zero-order chi connectivity index (χ0) is 13.9. The zero-order valence-electron chi connectivity index (χ0n) is 12.6. The van der Waals surface area contributed by atoms with Crippen LogP contribution in [-0.2, 0) is 14.2 Å². The third-order valence-electron chi connectivity index (χ3n) is 5.41. The van der Waals surface area contributed by atoms with Crippen LogP contribution in [0.1, 0.15) is 57.8 Å². The highest BCUT2D eigenvalue weighted by atomic mass is 16.5. The van der Waals surface area contributed by atoms with E-state index in [9.17, 15) is 0 Å². The van der Waals surface area contributed by atoms with Gasteiger partial charge < -0.3 is 19.9 Å². The number of rotatable bonds is 3. The van der Waals surface area contributed by atoms with E-state index in [4.69, 9.17) is 19.9 Å². The summed E-state index contributed by atoms with van der Waals surface area (Å²) >= 11 is 0. The second kappa shape index (κ2) is 6.30. The van der Waals surface area contributed by atoms with Gasteiger partial charge >= 0.3 is 0 Å². The Morgan fingerprint density at radius 3 is 2.45 bits per heavy atom. The molecule has 0 aromatic heterocycles. The van der Waals surface area contributed by atoms with Gasteiger partial charge in [-0.25, -0.2) is 0 Å². The average molecular weight is 283 g/mol. The van der Waals surface area contributed by atoms with E-state index < -0.39 is 0 Å². The summed E-state index contributed by atoms with van der Waals surface area (Å²) in [5.41, 5.74) is 6.02. The Morgan fingerprint density at radius 2 is 1.75 bits per heavy atom. The van der Waals surface area contributed by atoms with Crippen molar-refractivity contribution in [2.45, 2.75) is 75.1 Å². The van der Waals surface area contributed by atoms with Crippen molar-refractivity contribution < 1.29 is 14.2 Å². The van der Waals surface area contributed by atoms with Crippen LogP contribution >= 0.6 is 0 Å². The molecule has 1 unspecified atom stereocenters. The molecule has 2 aliphatic heterocycles. The molecular formula is C16H29NO3. The molecule has 0 bridgehead atoms. The van der Waals surface area contributed by atoms with Crippen molar-refractivity contribution in [1.29, 1.82) is 0 Å². The molecule has 2 N–H and O–H groups in total. The van der Waals surface area contributed by atoms with Crippen molar-refractivity contribution in [2.24, 2.45) is 5.73 Å². The van der Waals surface area contributed by atoms with Gasteiger partial charge in [-0.3, -0.25) is 0 Å². The number of hydrogen-bond donors (Lipinski definition) is 1. The summed E-state index contributed by atoms with van der Waals surface area (Å²) in [5.74, 6) is 0. The summed E-state index contributed by atoms with van der Waals surface area (Å²) in [6, 6.07) is 0. The van der Waals surface area contributed by atoms with Gasteiger partial charge in [0.05, 0.1) is 17.3 Å². The van der Waals surface area contributed by atoms with Crippen LogP contribution in [-0.4, -0.2) is 43.7 Å². The first kappa shape index (κ1) is 14.8. The van der Waals surface area contributed by atoms with Crippen molar-refractivity contribution in [2.75, 3.05) is 26.4 Å². The maximum Gasteiger partial charge on any atom is 0.0807 e. The molecule has 1 atom stereocenters. The van der Waals surface area contributed by atoms with Gasteiger partial charge in [0.25, 0.3) is 0 Å². The second-order valence-corrected chi connectivity index (χ2v) is 6.82. The van der Waals surface area contributed by atoms with Crippen LogP contribution < -0.4 is 5.73 Å². The van der Waals surface area contributed by atoms with Gasteiger partial charge in [-0.15, -0.1) is 0 Å². The molecule has 3 aliphatic rings. The number of nitrogens with two attached hydrogens (primary N) is 1. The van der Waals surface area contributed by atoms with E-state index in [0.29, 0.717) is 12.6 Å². The van der Waals surface area contributed by atoms with Crippen molar-refractivity contribution in [1.82, 2.24) is 0 Å². The van der Waals surface area contributed by atoms with Crippen LogP contribution in [0.25, 0.3) is 0 Å². The predicted molar refractivity (Wildman–Crippen MR) is 77.7 cm³/mol. The highest BCUT2D eigenvalue weighted by Gasteiger charge is 2.42. The third-order valence-corrected chi connectivity index (χ3v) is 5.41. The molecule has 0 aromatic rings. The van der Waals surface area contributed by atoms with Crippen molar-refractivity contribution in [3.05, 3.63) is 0 Å². The van der Waals surface area contributed by atoms with E-state index in [1.54, 1.807) is 0 Å². The van der Waals surface area contributed by atoms with Crippen molar-refractivity contribution in [3.63, 3.8) is 0 Å². The molecule has 4 nitrogen and oxygen atoms in total. The van der Waals surface area contributed by atoms with E-state index >= 15 is 0 Å². The first-order chi connectivity index (χ1) is 9.76. The Kier molecular flexibility index (Phi) is 4.65. The van der Waals surface area contributed by atoms with Gasteiger partial charge in [0.15, 0.2) is 0 Å². The van der Waals surface area contributed by atoms with E-state index in [2.05, 4.69) is 0 Å². The Morgan fingerprint density at radius 1 is 1.00 bits per heavy atom. The Bertz CT molecular complexity index is 303. The lowest BCUT2D eigenvalue weighted by Gasteiger charge is -2.46. The van der Waals surface area contributed by atoms with Gasteiger partial charge in [-0.1, -0.05) is 19.3 Å². The predicted octanol–water partition coefficient (Wildman–Crippen LogP) is 2.39. The summed E-state index contributed by atoms with van der Waals surface area (Å²) < 4.78 is 18.1. The zero-order valence-corrected chi connectivity index (χ0v) is 12.6. The highest BCUT2D eigenvalue weighted by molar-refractivity contribution is 4.93. The normalized spacial score (nSPS) is 33.1. The minimum absolute atomic E-state index is 0.0195. The molecule has 3 rings (SSSR count). The van der Waals surface area contributed by atoms with Gasteiger partial charge in [0.1, 0.15) is 0 Å². The Hall–Kier alpha value is -0.160. The lowest BCUT2D eigenvalue weighted by atomic mass is 9.82. The fourth-order valence-electron chi connectivity index (χ4n) is 4.10. The molecule has 3 fully saturated rings. The molecule has 116 valence electrons. The molecule has 0 amide bonds. The van der Waals surface area contributed by atoms with E-state index in [-0.39, 0.29) is 11.2 Å². The van der Waals surface area contributed by atoms with Crippen LogP contribution in [0.4, 0.5) is 0 Å². The minimum atomic E-state index is -0.0490. The lowest BCUT2D eigenvalue weighted by Crippen LogP contribution is -2.51. The standard InChI is InChI=1S/C16H29NO3/c17-13-16(5-2-1-3-6-16)20-14-4-9-19-15(12-14)7-10-18-11-8-15/h14H,1-13,17H2. The first-order valence-electron chi connectivity index (χ1n) is 8.36. The third kappa shape index (κ3) is 3.19. The van der Waals surface area contributed by atoms with Crippen molar-refractivity contribution >= 4 is 0 Å². The molecule has 2 heterocycles. The van der Waals surface area contributed by atoms with Gasteiger partial charge in [0.2, 0.25) is 0 Å². The van der Waals surface area contributed by atoms with Crippen LogP contribution in [0.5, 0.6) is 0 Å². The van der Waals surface area contributed by atoms with Crippen LogP contribution in [0.15, 0.2) is 0 Å². The summed E-state index contributed by atoms with van der Waals surface area (Å²) in [6.45, 7) is 3.15. The monoisotopic (exact) mass is 283 g/mol. The van der Waals surface area contributed by atoms with Gasteiger partial charge in [0, 0.05) is 32.8 Å². The van der Waals surface area contributed by atoms with E-state index in [1.165, 1.54) is 19.3 Å². The molecule has 0 aromatic carbocycles. The SMILES string of the molecule is NCC1(OC2CCOC3(CCOCC3)C2)CCCCC1. The largest absolute Gasteiger partial charge is 0.381 e. The minimum Gasteiger partial charge on any atom is -0.381 e.